The number of hydrazine groups is 1. The van der Waals surface area contributed by atoms with Gasteiger partial charge in [-0.3, -0.25) is 19.9 Å². The molecule has 1 aliphatic heterocycles. The van der Waals surface area contributed by atoms with Crippen LogP contribution in [0, 0.1) is 5.92 Å². The molecule has 0 spiro atoms. The van der Waals surface area contributed by atoms with Gasteiger partial charge in [0.25, 0.3) is 0 Å². The van der Waals surface area contributed by atoms with Crippen molar-refractivity contribution in [2.75, 3.05) is 19.6 Å². The van der Waals surface area contributed by atoms with Gasteiger partial charge in [0.1, 0.15) is 0 Å². The summed E-state index contributed by atoms with van der Waals surface area (Å²) in [5.74, 6) is 5.39. The van der Waals surface area contributed by atoms with Crippen LogP contribution in [0.15, 0.2) is 0 Å². The van der Waals surface area contributed by atoms with Gasteiger partial charge < -0.3 is 5.73 Å². The number of rotatable bonds is 7. The Kier molecular flexibility index (Phi) is 6.67. The minimum Gasteiger partial charge on any atom is -0.369 e. The number of hydrogen-bond donors (Lipinski definition) is 3. The van der Waals surface area contributed by atoms with E-state index >= 15 is 0 Å². The van der Waals surface area contributed by atoms with Crippen LogP contribution < -0.4 is 17.0 Å². The van der Waals surface area contributed by atoms with Crippen molar-refractivity contribution < 1.29 is 9.59 Å². The number of hydrogen-bond acceptors (Lipinski definition) is 4. The van der Waals surface area contributed by atoms with Crippen LogP contribution in [0.2, 0.25) is 0 Å². The number of nitrogens with two attached hydrogens (primary N) is 2. The molecular weight excluding hydrogens is 232 g/mol. The van der Waals surface area contributed by atoms with E-state index in [0.29, 0.717) is 13.0 Å². The topological polar surface area (TPSA) is 101 Å². The van der Waals surface area contributed by atoms with Gasteiger partial charge in [-0.1, -0.05) is 12.8 Å². The van der Waals surface area contributed by atoms with Crippen molar-refractivity contribution in [3.05, 3.63) is 0 Å². The largest absolute Gasteiger partial charge is 0.369 e. The minimum absolute atomic E-state index is 0.0914. The number of carbonyl (C=O) groups excluding carboxylic acids is 2. The summed E-state index contributed by atoms with van der Waals surface area (Å²) in [6.45, 7) is 2.29. The third-order valence-corrected chi connectivity index (χ3v) is 3.51. The Labute approximate surface area is 108 Å². The summed E-state index contributed by atoms with van der Waals surface area (Å²) in [4.78, 5) is 23.8. The summed E-state index contributed by atoms with van der Waals surface area (Å²) < 4.78 is 0. The van der Waals surface area contributed by atoms with E-state index in [2.05, 4.69) is 10.3 Å². The smallest absolute Gasteiger partial charge is 0.233 e. The van der Waals surface area contributed by atoms with Crippen molar-refractivity contribution in [3.63, 3.8) is 0 Å². The van der Waals surface area contributed by atoms with Gasteiger partial charge in [0.05, 0.1) is 6.54 Å². The lowest BCUT2D eigenvalue weighted by Crippen LogP contribution is -2.39. The molecule has 0 aromatic heterocycles. The maximum absolute atomic E-state index is 10.9. The number of nitrogens with zero attached hydrogens (tertiary/aromatic N) is 1. The maximum Gasteiger partial charge on any atom is 0.233 e. The molecule has 6 nitrogen and oxygen atoms in total. The number of primary amides is 1. The van der Waals surface area contributed by atoms with Crippen molar-refractivity contribution in [2.24, 2.45) is 17.5 Å². The minimum atomic E-state index is -0.249. The molecule has 2 amide bonds. The van der Waals surface area contributed by atoms with Gasteiger partial charge in [-0.15, -0.1) is 0 Å². The molecule has 0 aliphatic carbocycles. The zero-order valence-corrected chi connectivity index (χ0v) is 10.9. The van der Waals surface area contributed by atoms with Gasteiger partial charge in [0.15, 0.2) is 0 Å². The van der Waals surface area contributed by atoms with Crippen molar-refractivity contribution >= 4 is 11.8 Å². The van der Waals surface area contributed by atoms with Crippen molar-refractivity contribution in [3.8, 4) is 0 Å². The summed E-state index contributed by atoms with van der Waals surface area (Å²) in [5, 5.41) is 0. The van der Waals surface area contributed by atoms with Crippen molar-refractivity contribution in [2.45, 2.75) is 38.5 Å². The molecule has 1 rings (SSSR count). The molecule has 0 atom stereocenters. The zero-order chi connectivity index (χ0) is 13.4. The second kappa shape index (κ2) is 8.05. The number of nitrogens with one attached hydrogen (secondary N) is 1. The Morgan fingerprint density at radius 2 is 1.89 bits per heavy atom. The van der Waals surface area contributed by atoms with Crippen LogP contribution >= 0.6 is 0 Å². The van der Waals surface area contributed by atoms with Crippen LogP contribution in [0.1, 0.15) is 38.5 Å². The molecule has 0 saturated carbocycles. The quantitative estimate of drug-likeness (QED) is 0.253. The van der Waals surface area contributed by atoms with Crippen LogP contribution in [0.3, 0.4) is 0 Å². The van der Waals surface area contributed by atoms with E-state index in [1.165, 1.54) is 0 Å². The molecule has 104 valence electrons. The van der Waals surface area contributed by atoms with E-state index in [1.807, 2.05) is 0 Å². The molecular formula is C12H24N4O2. The van der Waals surface area contributed by atoms with E-state index in [9.17, 15) is 9.59 Å². The number of unbranched alkanes of at least 4 members (excludes halogenated alkanes) is 1. The summed E-state index contributed by atoms with van der Waals surface area (Å²) >= 11 is 0. The van der Waals surface area contributed by atoms with Gasteiger partial charge in [0, 0.05) is 6.42 Å². The highest BCUT2D eigenvalue weighted by molar-refractivity contribution is 5.76. The molecule has 0 aromatic rings. The third kappa shape index (κ3) is 5.97. The summed E-state index contributed by atoms with van der Waals surface area (Å²) in [6.07, 6.45) is 5.87. The number of likely N-dealkylation sites (tertiary alicyclic amines) is 1. The molecule has 0 aromatic carbocycles. The van der Waals surface area contributed by atoms with Gasteiger partial charge in [0.2, 0.25) is 11.8 Å². The first-order valence-corrected chi connectivity index (χ1v) is 6.62. The molecule has 1 aliphatic rings. The van der Waals surface area contributed by atoms with Crippen LogP contribution in [-0.2, 0) is 9.59 Å². The first-order valence-electron chi connectivity index (χ1n) is 6.62. The lowest BCUT2D eigenvalue weighted by molar-refractivity contribution is -0.121. The van der Waals surface area contributed by atoms with Gasteiger partial charge in [-0.05, 0) is 38.3 Å². The Bertz CT molecular complexity index is 275. The fraction of sp³-hybridized carbons (Fsp3) is 0.833. The number of piperidine rings is 1. The van der Waals surface area contributed by atoms with Gasteiger partial charge in [-0.2, -0.15) is 0 Å². The SMILES string of the molecule is NNC(=O)CCCCC1CCN(CC(N)=O)CC1. The zero-order valence-electron chi connectivity index (χ0n) is 10.9. The van der Waals surface area contributed by atoms with Crippen LogP contribution in [0.4, 0.5) is 0 Å². The van der Waals surface area contributed by atoms with E-state index in [0.717, 1.165) is 51.1 Å². The third-order valence-electron chi connectivity index (χ3n) is 3.51. The Morgan fingerprint density at radius 3 is 2.44 bits per heavy atom. The van der Waals surface area contributed by atoms with Crippen LogP contribution in [0.25, 0.3) is 0 Å². The van der Waals surface area contributed by atoms with E-state index in [4.69, 9.17) is 11.6 Å². The molecule has 1 saturated heterocycles. The Morgan fingerprint density at radius 1 is 1.22 bits per heavy atom. The van der Waals surface area contributed by atoms with E-state index in [1.54, 1.807) is 0 Å². The standard InChI is InChI=1S/C12H24N4O2/c13-11(17)9-16-7-5-10(6-8-16)3-1-2-4-12(18)15-14/h10H,1-9,14H2,(H2,13,17)(H,15,18). The number of amides is 2. The van der Waals surface area contributed by atoms with E-state index < -0.39 is 0 Å². The molecule has 5 N–H and O–H groups in total. The Balaban J connectivity index is 2.05. The molecule has 6 heteroatoms. The fourth-order valence-corrected chi connectivity index (χ4v) is 2.44. The highest BCUT2D eigenvalue weighted by Gasteiger charge is 2.19. The number of carbonyl (C=O) groups is 2. The van der Waals surface area contributed by atoms with Crippen LogP contribution in [0.5, 0.6) is 0 Å². The van der Waals surface area contributed by atoms with Crippen molar-refractivity contribution in [1.82, 2.24) is 10.3 Å². The molecule has 0 unspecified atom stereocenters. The predicted molar refractivity (Wildman–Crippen MR) is 69.2 cm³/mol. The second-order valence-corrected chi connectivity index (χ2v) is 5.00. The van der Waals surface area contributed by atoms with Crippen molar-refractivity contribution in [1.29, 1.82) is 0 Å². The molecule has 0 radical (unpaired) electrons. The summed E-state index contributed by atoms with van der Waals surface area (Å²) in [7, 11) is 0. The summed E-state index contributed by atoms with van der Waals surface area (Å²) in [5.41, 5.74) is 7.31. The second-order valence-electron chi connectivity index (χ2n) is 5.00. The Hall–Kier alpha value is -1.14. The highest BCUT2D eigenvalue weighted by atomic mass is 16.2. The normalized spacial score (nSPS) is 17.6. The monoisotopic (exact) mass is 256 g/mol. The highest BCUT2D eigenvalue weighted by Crippen LogP contribution is 2.22. The molecule has 1 fully saturated rings. The lowest BCUT2D eigenvalue weighted by Gasteiger charge is -2.31. The average Bonchev–Trinajstić information content (AvgIpc) is 2.35. The van der Waals surface area contributed by atoms with Crippen LogP contribution in [-0.4, -0.2) is 36.3 Å². The average molecular weight is 256 g/mol. The fourth-order valence-electron chi connectivity index (χ4n) is 2.44. The van der Waals surface area contributed by atoms with Gasteiger partial charge in [-0.25, -0.2) is 5.84 Å². The maximum atomic E-state index is 10.9. The first-order chi connectivity index (χ1) is 8.61. The molecule has 1 heterocycles. The lowest BCUT2D eigenvalue weighted by atomic mass is 9.91. The molecule has 18 heavy (non-hydrogen) atoms. The molecule has 0 bridgehead atoms. The van der Waals surface area contributed by atoms with E-state index in [-0.39, 0.29) is 11.8 Å². The summed E-state index contributed by atoms with van der Waals surface area (Å²) in [6, 6.07) is 0. The predicted octanol–water partition coefficient (Wildman–Crippen LogP) is -0.266. The van der Waals surface area contributed by atoms with Gasteiger partial charge >= 0.3 is 0 Å². The first kappa shape index (κ1) is 14.9.